The molecule has 96 valence electrons. The normalized spacial score (nSPS) is 21.9. The van der Waals surface area contributed by atoms with Gasteiger partial charge in [-0.05, 0) is 34.8 Å². The highest BCUT2D eigenvalue weighted by Gasteiger charge is 2.19. The Labute approximate surface area is 118 Å². The Balaban J connectivity index is 1.91. The number of ether oxygens (including phenoxy) is 1. The highest BCUT2D eigenvalue weighted by atomic mass is 79.9. The van der Waals surface area contributed by atoms with Crippen LogP contribution in [-0.4, -0.2) is 31.0 Å². The monoisotopic (exact) mass is 339 g/mol. The lowest BCUT2D eigenvalue weighted by Gasteiger charge is -2.17. The summed E-state index contributed by atoms with van der Waals surface area (Å²) in [5.41, 5.74) is 0. The molecule has 1 aromatic heterocycles. The van der Waals surface area contributed by atoms with E-state index in [4.69, 9.17) is 16.3 Å². The molecule has 6 heteroatoms. The average Bonchev–Trinajstić information content (AvgIpc) is 2.91. The zero-order chi connectivity index (χ0) is 12.3. The molecule has 2 unspecified atom stereocenters. The van der Waals surface area contributed by atoms with Crippen LogP contribution in [0, 0.1) is 0 Å². The van der Waals surface area contributed by atoms with Gasteiger partial charge in [-0.25, -0.2) is 0 Å². The Bertz CT molecular complexity index is 349. The molecule has 17 heavy (non-hydrogen) atoms. The Morgan fingerprint density at radius 2 is 2.53 bits per heavy atom. The van der Waals surface area contributed by atoms with Crippen LogP contribution in [0.4, 0.5) is 0 Å². The number of thiophene rings is 1. The van der Waals surface area contributed by atoms with Crippen molar-refractivity contribution in [2.45, 2.75) is 25.0 Å². The summed E-state index contributed by atoms with van der Waals surface area (Å²) in [7, 11) is 0. The Kier molecular flexibility index (Phi) is 5.26. The summed E-state index contributed by atoms with van der Waals surface area (Å²) in [5.74, 6) is 0. The third-order valence-electron chi connectivity index (χ3n) is 2.81. The summed E-state index contributed by atoms with van der Waals surface area (Å²) in [6, 6.07) is 1.89. The molecule has 0 saturated carbocycles. The first kappa shape index (κ1) is 13.8. The Morgan fingerprint density at radius 1 is 1.71 bits per heavy atom. The summed E-state index contributed by atoms with van der Waals surface area (Å²) in [5, 5.41) is 12.7. The molecule has 0 spiro atoms. The molecular formula is C11H15BrClNO2S. The van der Waals surface area contributed by atoms with Crippen molar-refractivity contribution >= 4 is 38.9 Å². The third kappa shape index (κ3) is 3.66. The smallest absolute Gasteiger partial charge is 0.107 e. The minimum absolute atomic E-state index is 0.0620. The number of rotatable bonds is 5. The van der Waals surface area contributed by atoms with Crippen molar-refractivity contribution in [2.75, 3.05) is 19.8 Å². The first-order valence-corrected chi connectivity index (χ1v) is 7.60. The molecule has 1 fully saturated rings. The highest BCUT2D eigenvalue weighted by molar-refractivity contribution is 9.10. The minimum atomic E-state index is -0.0620. The second-order valence-electron chi connectivity index (χ2n) is 4.05. The molecule has 2 N–H and O–H groups in total. The van der Waals surface area contributed by atoms with Crippen molar-refractivity contribution in [1.29, 1.82) is 0 Å². The maximum atomic E-state index is 9.40. The van der Waals surface area contributed by atoms with E-state index >= 15 is 0 Å². The fourth-order valence-electron chi connectivity index (χ4n) is 1.87. The first-order chi connectivity index (χ1) is 8.20. The van der Waals surface area contributed by atoms with Gasteiger partial charge in [-0.15, -0.1) is 11.3 Å². The van der Waals surface area contributed by atoms with Gasteiger partial charge >= 0.3 is 0 Å². The SMILES string of the molecule is OCC(NCC1CCCO1)c1cc(Br)c(Cl)s1. The lowest BCUT2D eigenvalue weighted by atomic mass is 10.2. The van der Waals surface area contributed by atoms with Crippen LogP contribution in [0.15, 0.2) is 10.5 Å². The zero-order valence-corrected chi connectivity index (χ0v) is 12.4. The maximum Gasteiger partial charge on any atom is 0.107 e. The van der Waals surface area contributed by atoms with E-state index in [-0.39, 0.29) is 18.8 Å². The van der Waals surface area contributed by atoms with Crippen molar-refractivity contribution in [3.8, 4) is 0 Å². The number of aliphatic hydroxyl groups excluding tert-OH is 1. The van der Waals surface area contributed by atoms with Gasteiger partial charge < -0.3 is 15.2 Å². The molecule has 0 aliphatic carbocycles. The molecule has 0 bridgehead atoms. The average molecular weight is 341 g/mol. The molecule has 3 nitrogen and oxygen atoms in total. The van der Waals surface area contributed by atoms with E-state index in [9.17, 15) is 5.11 Å². The summed E-state index contributed by atoms with van der Waals surface area (Å²) in [6.45, 7) is 1.70. The second kappa shape index (κ2) is 6.50. The Hall–Kier alpha value is 0.350. The standard InChI is InChI=1S/C11H15BrClNO2S/c12-8-4-10(17-11(8)13)9(6-15)14-5-7-2-1-3-16-7/h4,7,9,14-15H,1-3,5-6H2. The van der Waals surface area contributed by atoms with E-state index in [2.05, 4.69) is 21.2 Å². The fourth-order valence-corrected chi connectivity index (χ4v) is 3.67. The van der Waals surface area contributed by atoms with Crippen LogP contribution >= 0.6 is 38.9 Å². The molecule has 2 heterocycles. The molecule has 1 aromatic rings. The molecule has 0 aromatic carbocycles. The van der Waals surface area contributed by atoms with Crippen molar-refractivity contribution < 1.29 is 9.84 Å². The van der Waals surface area contributed by atoms with Crippen LogP contribution < -0.4 is 5.32 Å². The zero-order valence-electron chi connectivity index (χ0n) is 9.29. The molecule has 2 atom stereocenters. The molecule has 0 radical (unpaired) electrons. The number of hydrogen-bond donors (Lipinski definition) is 2. The van der Waals surface area contributed by atoms with Crippen molar-refractivity contribution in [2.24, 2.45) is 0 Å². The van der Waals surface area contributed by atoms with E-state index in [1.807, 2.05) is 6.07 Å². The third-order valence-corrected chi connectivity index (χ3v) is 5.39. The number of halogens is 2. The largest absolute Gasteiger partial charge is 0.394 e. The van der Waals surface area contributed by atoms with E-state index in [1.54, 1.807) is 0 Å². The predicted molar refractivity (Wildman–Crippen MR) is 73.8 cm³/mol. The molecule has 1 aliphatic rings. The van der Waals surface area contributed by atoms with Gasteiger partial charge in [0.2, 0.25) is 0 Å². The topological polar surface area (TPSA) is 41.5 Å². The van der Waals surface area contributed by atoms with Crippen LogP contribution in [0.1, 0.15) is 23.8 Å². The van der Waals surface area contributed by atoms with Gasteiger partial charge in [-0.2, -0.15) is 0 Å². The van der Waals surface area contributed by atoms with Gasteiger partial charge in [-0.1, -0.05) is 11.6 Å². The van der Waals surface area contributed by atoms with Crippen molar-refractivity contribution in [3.63, 3.8) is 0 Å². The lowest BCUT2D eigenvalue weighted by molar-refractivity contribution is 0.104. The Morgan fingerprint density at radius 3 is 3.06 bits per heavy atom. The van der Waals surface area contributed by atoms with Gasteiger partial charge in [0.1, 0.15) is 4.34 Å². The number of hydrogen-bond acceptors (Lipinski definition) is 4. The lowest BCUT2D eigenvalue weighted by Crippen LogP contribution is -2.31. The molecule has 1 saturated heterocycles. The fraction of sp³-hybridized carbons (Fsp3) is 0.636. The van der Waals surface area contributed by atoms with Gasteiger partial charge in [0.05, 0.1) is 18.8 Å². The van der Waals surface area contributed by atoms with Crippen LogP contribution in [-0.2, 0) is 4.74 Å². The van der Waals surface area contributed by atoms with Crippen molar-refractivity contribution in [1.82, 2.24) is 5.32 Å². The van der Waals surface area contributed by atoms with E-state index < -0.39 is 0 Å². The summed E-state index contributed by atoms with van der Waals surface area (Å²) in [6.07, 6.45) is 2.51. The van der Waals surface area contributed by atoms with Crippen LogP contribution in [0.5, 0.6) is 0 Å². The van der Waals surface area contributed by atoms with Crippen LogP contribution in [0.25, 0.3) is 0 Å². The van der Waals surface area contributed by atoms with Gasteiger partial charge in [-0.3, -0.25) is 0 Å². The number of nitrogens with one attached hydrogen (secondary N) is 1. The van der Waals surface area contributed by atoms with Gasteiger partial charge in [0, 0.05) is 22.5 Å². The summed E-state index contributed by atoms with van der Waals surface area (Å²) >= 11 is 10.9. The van der Waals surface area contributed by atoms with Gasteiger partial charge in [0.15, 0.2) is 0 Å². The maximum absolute atomic E-state index is 9.40. The molecule has 1 aliphatic heterocycles. The number of aliphatic hydroxyl groups is 1. The van der Waals surface area contributed by atoms with E-state index in [1.165, 1.54) is 11.3 Å². The molecular weight excluding hydrogens is 326 g/mol. The first-order valence-electron chi connectivity index (χ1n) is 5.61. The van der Waals surface area contributed by atoms with Crippen molar-refractivity contribution in [3.05, 3.63) is 19.8 Å². The predicted octanol–water partition coefficient (Wildman–Crippen LogP) is 2.97. The quantitative estimate of drug-likeness (QED) is 0.866. The van der Waals surface area contributed by atoms with Crippen LogP contribution in [0.3, 0.4) is 0 Å². The van der Waals surface area contributed by atoms with E-state index in [0.29, 0.717) is 0 Å². The summed E-state index contributed by atoms with van der Waals surface area (Å²) < 4.78 is 7.14. The van der Waals surface area contributed by atoms with Crippen LogP contribution in [0.2, 0.25) is 4.34 Å². The van der Waals surface area contributed by atoms with E-state index in [0.717, 1.165) is 39.7 Å². The molecule has 2 rings (SSSR count). The highest BCUT2D eigenvalue weighted by Crippen LogP contribution is 2.35. The minimum Gasteiger partial charge on any atom is -0.394 e. The summed E-state index contributed by atoms with van der Waals surface area (Å²) in [4.78, 5) is 1.04. The van der Waals surface area contributed by atoms with Gasteiger partial charge in [0.25, 0.3) is 0 Å². The molecule has 0 amide bonds. The second-order valence-corrected chi connectivity index (χ2v) is 6.59.